The molecule has 2 heteroatoms. The van der Waals surface area contributed by atoms with E-state index in [0.717, 1.165) is 12.8 Å². The second-order valence-corrected chi connectivity index (χ2v) is 6.42. The Bertz CT molecular complexity index is 536. The number of hydrogen-bond acceptors (Lipinski definition) is 2. The molecule has 1 fully saturated rings. The summed E-state index contributed by atoms with van der Waals surface area (Å²) in [5.74, 6) is 0. The summed E-state index contributed by atoms with van der Waals surface area (Å²) in [4.78, 5) is 2.58. The zero-order valence-corrected chi connectivity index (χ0v) is 14.1. The third-order valence-electron chi connectivity index (χ3n) is 5.03. The summed E-state index contributed by atoms with van der Waals surface area (Å²) in [6.07, 6.45) is 4.87. The van der Waals surface area contributed by atoms with Crippen LogP contribution in [0.2, 0.25) is 0 Å². The molecule has 0 bridgehead atoms. The molecular weight excluding hydrogens is 294 g/mol. The number of benzene rings is 2. The molecule has 24 heavy (non-hydrogen) atoms. The smallest absolute Gasteiger partial charge is 0.118 e. The second kappa shape index (κ2) is 9.00. The Hall–Kier alpha value is -1.64. The van der Waals surface area contributed by atoms with Crippen LogP contribution in [0.5, 0.6) is 0 Å². The summed E-state index contributed by atoms with van der Waals surface area (Å²) < 4.78 is 6.16. The zero-order chi connectivity index (χ0) is 16.0. The number of rotatable bonds is 7. The van der Waals surface area contributed by atoms with Gasteiger partial charge in [0, 0.05) is 7.11 Å². The van der Waals surface area contributed by atoms with Crippen molar-refractivity contribution in [1.29, 1.82) is 0 Å². The van der Waals surface area contributed by atoms with E-state index in [1.165, 1.54) is 43.6 Å². The quantitative estimate of drug-likeness (QED) is 0.703. The van der Waals surface area contributed by atoms with Crippen LogP contribution < -0.4 is 0 Å². The van der Waals surface area contributed by atoms with Crippen molar-refractivity contribution in [1.82, 2.24) is 4.90 Å². The van der Waals surface area contributed by atoms with Crippen LogP contribution in [0.25, 0.3) is 0 Å². The van der Waals surface area contributed by atoms with Gasteiger partial charge in [-0.15, -0.1) is 0 Å². The van der Waals surface area contributed by atoms with E-state index in [-0.39, 0.29) is 13.0 Å². The van der Waals surface area contributed by atoms with Crippen LogP contribution in [0, 0.1) is 0 Å². The molecule has 0 amide bonds. The molecule has 130 valence electrons. The van der Waals surface area contributed by atoms with Crippen molar-refractivity contribution in [2.45, 2.75) is 38.7 Å². The molecule has 0 N–H and O–H groups in total. The first-order valence-electron chi connectivity index (χ1n) is 8.74. The zero-order valence-electron chi connectivity index (χ0n) is 14.1. The van der Waals surface area contributed by atoms with E-state index in [1.54, 1.807) is 0 Å². The minimum Gasteiger partial charge on any atom is -0.369 e. The van der Waals surface area contributed by atoms with Crippen LogP contribution in [0.1, 0.15) is 44.2 Å². The summed E-state index contributed by atoms with van der Waals surface area (Å²) in [7, 11) is 1.84. The van der Waals surface area contributed by atoms with Gasteiger partial charge in [0.1, 0.15) is 5.60 Å². The summed E-state index contributed by atoms with van der Waals surface area (Å²) >= 11 is 0. The van der Waals surface area contributed by atoms with Crippen LogP contribution in [0.15, 0.2) is 60.7 Å². The fourth-order valence-electron chi connectivity index (χ4n) is 3.77. The van der Waals surface area contributed by atoms with E-state index < -0.39 is 0 Å². The Morgan fingerprint density at radius 3 is 1.83 bits per heavy atom. The van der Waals surface area contributed by atoms with Crippen molar-refractivity contribution in [2.24, 2.45) is 0 Å². The highest BCUT2D eigenvalue weighted by atomic mass is 16.5. The van der Waals surface area contributed by atoms with Gasteiger partial charge in [-0.05, 0) is 56.4 Å². The molecule has 1 aliphatic heterocycles. The van der Waals surface area contributed by atoms with Crippen molar-refractivity contribution < 1.29 is 4.74 Å². The number of hydrogen-bond donors (Lipinski definition) is 0. The third-order valence-corrected chi connectivity index (χ3v) is 5.03. The number of methoxy groups -OCH3 is 1. The molecule has 2 aromatic rings. The van der Waals surface area contributed by atoms with Crippen LogP contribution in [-0.4, -0.2) is 31.6 Å². The van der Waals surface area contributed by atoms with Crippen molar-refractivity contribution in [3.05, 3.63) is 71.8 Å². The molecule has 2 aromatic carbocycles. The van der Waals surface area contributed by atoms with E-state index in [4.69, 9.17) is 4.74 Å². The van der Waals surface area contributed by atoms with Crippen molar-refractivity contribution in [2.75, 3.05) is 26.7 Å². The molecule has 3 rings (SSSR count). The molecule has 0 spiro atoms. The molecule has 2 nitrogen and oxygen atoms in total. The maximum absolute atomic E-state index is 6.16. The lowest BCUT2D eigenvalue weighted by Crippen LogP contribution is -2.32. The Kier molecular flexibility index (Phi) is 7.01. The summed E-state index contributed by atoms with van der Waals surface area (Å²) in [5.41, 5.74) is 2.15. The van der Waals surface area contributed by atoms with Gasteiger partial charge >= 0.3 is 0 Å². The van der Waals surface area contributed by atoms with Gasteiger partial charge in [-0.1, -0.05) is 68.1 Å². The lowest BCUT2D eigenvalue weighted by atomic mass is 9.82. The molecule has 1 aliphatic rings. The van der Waals surface area contributed by atoms with Gasteiger partial charge in [0.2, 0.25) is 0 Å². The van der Waals surface area contributed by atoms with Crippen LogP contribution >= 0.6 is 0 Å². The molecule has 0 aliphatic carbocycles. The van der Waals surface area contributed by atoms with E-state index in [9.17, 15) is 0 Å². The van der Waals surface area contributed by atoms with Crippen LogP contribution in [-0.2, 0) is 10.3 Å². The second-order valence-electron chi connectivity index (χ2n) is 6.42. The Labute approximate surface area is 147 Å². The first kappa shape index (κ1) is 18.7. The highest BCUT2D eigenvalue weighted by Gasteiger charge is 2.33. The van der Waals surface area contributed by atoms with Crippen LogP contribution in [0.3, 0.4) is 0 Å². The highest BCUT2D eigenvalue weighted by molar-refractivity contribution is 5.36. The van der Waals surface area contributed by atoms with Gasteiger partial charge in [-0.25, -0.2) is 0 Å². The minimum atomic E-state index is -0.345. The minimum absolute atomic E-state index is 0. The van der Waals surface area contributed by atoms with E-state index >= 15 is 0 Å². The van der Waals surface area contributed by atoms with Crippen molar-refractivity contribution in [3.8, 4) is 0 Å². The fourth-order valence-corrected chi connectivity index (χ4v) is 3.77. The van der Waals surface area contributed by atoms with Gasteiger partial charge in [-0.2, -0.15) is 0 Å². The number of nitrogens with zero attached hydrogens (tertiary/aromatic N) is 1. The monoisotopic (exact) mass is 325 g/mol. The van der Waals surface area contributed by atoms with E-state index in [1.807, 2.05) is 7.11 Å². The fraction of sp³-hybridized carbons (Fsp3) is 0.455. The molecule has 1 heterocycles. The van der Waals surface area contributed by atoms with Crippen molar-refractivity contribution in [3.63, 3.8) is 0 Å². The average Bonchev–Trinajstić information content (AvgIpc) is 3.14. The maximum Gasteiger partial charge on any atom is 0.118 e. The Balaban J connectivity index is 0.00000208. The SMILES string of the molecule is C.COC(CCCN1CCCC1)(c1ccccc1)c1ccccc1. The molecule has 0 unspecified atom stereocenters. The first-order chi connectivity index (χ1) is 11.3. The summed E-state index contributed by atoms with van der Waals surface area (Å²) in [6, 6.07) is 21.3. The van der Waals surface area contributed by atoms with Gasteiger partial charge in [-0.3, -0.25) is 0 Å². The molecule has 0 radical (unpaired) electrons. The molecule has 0 saturated carbocycles. The molecule has 0 aromatic heterocycles. The average molecular weight is 325 g/mol. The summed E-state index contributed by atoms with van der Waals surface area (Å²) in [5, 5.41) is 0. The highest BCUT2D eigenvalue weighted by Crippen LogP contribution is 2.37. The van der Waals surface area contributed by atoms with Crippen molar-refractivity contribution >= 4 is 0 Å². The number of likely N-dealkylation sites (tertiary alicyclic amines) is 1. The van der Waals surface area contributed by atoms with E-state index in [0.29, 0.717) is 0 Å². The molecule has 1 saturated heterocycles. The third kappa shape index (κ3) is 4.06. The van der Waals surface area contributed by atoms with Gasteiger partial charge < -0.3 is 9.64 Å². The van der Waals surface area contributed by atoms with Gasteiger partial charge in [0.15, 0.2) is 0 Å². The largest absolute Gasteiger partial charge is 0.369 e. The van der Waals surface area contributed by atoms with Gasteiger partial charge in [0.05, 0.1) is 0 Å². The normalized spacial score (nSPS) is 15.2. The lowest BCUT2D eigenvalue weighted by Gasteiger charge is -2.34. The standard InChI is InChI=1S/C21H27NO.CH4/c1-23-21(19-11-4-2-5-12-19,20-13-6-3-7-14-20)15-10-18-22-16-8-9-17-22;/h2-7,11-14H,8-10,15-18H2,1H3;1H4. The van der Waals surface area contributed by atoms with Crippen LogP contribution in [0.4, 0.5) is 0 Å². The predicted octanol–water partition coefficient (Wildman–Crippen LogP) is 5.09. The predicted molar refractivity (Wildman–Crippen MR) is 102 cm³/mol. The molecular formula is C22H31NO. The maximum atomic E-state index is 6.16. The lowest BCUT2D eigenvalue weighted by molar-refractivity contribution is 0.0111. The Morgan fingerprint density at radius 1 is 0.875 bits per heavy atom. The summed E-state index contributed by atoms with van der Waals surface area (Å²) in [6.45, 7) is 3.69. The Morgan fingerprint density at radius 2 is 1.38 bits per heavy atom. The van der Waals surface area contributed by atoms with E-state index in [2.05, 4.69) is 65.6 Å². The topological polar surface area (TPSA) is 12.5 Å². The van der Waals surface area contributed by atoms with Gasteiger partial charge in [0.25, 0.3) is 0 Å². The number of ether oxygens (including phenoxy) is 1. The molecule has 0 atom stereocenters. The first-order valence-corrected chi connectivity index (χ1v) is 8.74.